The molecule has 12 nitrogen and oxygen atoms in total. The van der Waals surface area contributed by atoms with Crippen molar-refractivity contribution < 1.29 is 48.7 Å². The molecule has 4 aromatic rings. The number of carbonyl (C=O) groups is 4. The molecule has 1 fully saturated rings. The first-order valence-electron chi connectivity index (χ1n) is 14.0. The van der Waals surface area contributed by atoms with Crippen LogP contribution in [0.4, 0.5) is 4.39 Å². The van der Waals surface area contributed by atoms with Gasteiger partial charge in [-0.25, -0.2) is 28.6 Å². The van der Waals surface area contributed by atoms with Crippen LogP contribution in [0.2, 0.25) is 5.02 Å². The first-order valence-corrected chi connectivity index (χ1v) is 14.4. The zero-order valence-electron chi connectivity index (χ0n) is 24.8. The molecule has 4 N–H and O–H groups in total. The summed E-state index contributed by atoms with van der Waals surface area (Å²) in [6.45, 7) is 3.82. The number of hydrogen-bond donors (Lipinski definition) is 4. The third-order valence-corrected chi connectivity index (χ3v) is 7.44. The summed E-state index contributed by atoms with van der Waals surface area (Å²) in [7, 11) is 1.62. The molecule has 3 aromatic carbocycles. The van der Waals surface area contributed by atoms with Gasteiger partial charge in [0, 0.05) is 25.6 Å². The van der Waals surface area contributed by atoms with Gasteiger partial charge in [0.15, 0.2) is 0 Å². The van der Waals surface area contributed by atoms with Gasteiger partial charge in [-0.3, -0.25) is 4.90 Å². The zero-order chi connectivity index (χ0) is 33.8. The normalized spacial score (nSPS) is 13.1. The molecule has 0 bridgehead atoms. The number of halogens is 2. The molecule has 0 aliphatic carbocycles. The molecule has 244 valence electrons. The Balaban J connectivity index is 0.000000410. The maximum atomic E-state index is 13.5. The smallest absolute Gasteiger partial charge is 0.414 e. The number of nitrogens with zero attached hydrogens (tertiary/aromatic N) is 3. The fourth-order valence-electron chi connectivity index (χ4n) is 4.89. The largest absolute Gasteiger partial charge is 0.495 e. The molecule has 0 spiro atoms. The van der Waals surface area contributed by atoms with E-state index in [9.17, 15) is 4.39 Å². The van der Waals surface area contributed by atoms with Crippen molar-refractivity contribution in [2.24, 2.45) is 5.92 Å². The maximum Gasteiger partial charge on any atom is 0.414 e. The molecule has 0 saturated carbocycles. The molecule has 5 rings (SSSR count). The Bertz CT molecular complexity index is 1610. The van der Waals surface area contributed by atoms with Crippen molar-refractivity contribution >= 4 is 46.5 Å². The molecule has 1 saturated heterocycles. The standard InChI is InChI=1S/C28H29ClFN3O.2C2H2O4/c1-34-27-17-25-26(16-24(27)29)33(19-22-7-9-23(30)10-8-22)28(31-25)15-20-11-13-32(14-12-20)18-21-5-3-2-4-6-21;2*3-1(4)2(5)6/h2-10,16-17,20H,11-15,18-19H2,1H3;2*(H,3,4)(H,5,6). The van der Waals surface area contributed by atoms with Gasteiger partial charge in [-0.05, 0) is 61.2 Å². The van der Waals surface area contributed by atoms with Gasteiger partial charge < -0.3 is 29.7 Å². The van der Waals surface area contributed by atoms with E-state index in [1.54, 1.807) is 7.11 Å². The van der Waals surface area contributed by atoms with Crippen LogP contribution in [-0.4, -0.2) is 79.0 Å². The van der Waals surface area contributed by atoms with Crippen LogP contribution in [0.15, 0.2) is 66.7 Å². The first kappa shape index (κ1) is 35.5. The Morgan fingerprint density at radius 2 is 1.39 bits per heavy atom. The van der Waals surface area contributed by atoms with Crippen LogP contribution in [-0.2, 0) is 38.7 Å². The summed E-state index contributed by atoms with van der Waals surface area (Å²) in [5.41, 5.74) is 4.26. The number of imidazole rings is 1. The van der Waals surface area contributed by atoms with E-state index in [2.05, 4.69) is 39.8 Å². The predicted molar refractivity (Wildman–Crippen MR) is 165 cm³/mol. The summed E-state index contributed by atoms with van der Waals surface area (Å²) in [5.74, 6) is -5.27. The predicted octanol–water partition coefficient (Wildman–Crippen LogP) is 4.65. The quantitative estimate of drug-likeness (QED) is 0.203. The van der Waals surface area contributed by atoms with Gasteiger partial charge in [-0.2, -0.15) is 0 Å². The number of carboxylic acids is 4. The lowest BCUT2D eigenvalue weighted by Crippen LogP contribution is -2.34. The number of rotatable bonds is 7. The van der Waals surface area contributed by atoms with E-state index >= 15 is 0 Å². The van der Waals surface area contributed by atoms with Gasteiger partial charge >= 0.3 is 23.9 Å². The van der Waals surface area contributed by atoms with Gasteiger partial charge in [0.1, 0.15) is 17.4 Å². The summed E-state index contributed by atoms with van der Waals surface area (Å²) in [5, 5.41) is 30.1. The van der Waals surface area contributed by atoms with Crippen LogP contribution in [0.5, 0.6) is 5.75 Å². The summed E-state index contributed by atoms with van der Waals surface area (Å²) in [4.78, 5) is 43.9. The molecule has 1 aromatic heterocycles. The summed E-state index contributed by atoms with van der Waals surface area (Å²) in [6.07, 6.45) is 3.21. The number of methoxy groups -OCH3 is 1. The fraction of sp³-hybridized carbons (Fsp3) is 0.281. The molecule has 14 heteroatoms. The van der Waals surface area contributed by atoms with E-state index in [0.717, 1.165) is 61.3 Å². The highest BCUT2D eigenvalue weighted by Gasteiger charge is 2.23. The molecular formula is C32H33ClFN3O9. The zero-order valence-corrected chi connectivity index (χ0v) is 25.6. The lowest BCUT2D eigenvalue weighted by molar-refractivity contribution is -0.159. The van der Waals surface area contributed by atoms with E-state index in [1.165, 1.54) is 17.7 Å². The second-order valence-corrected chi connectivity index (χ2v) is 10.8. The highest BCUT2D eigenvalue weighted by atomic mass is 35.5. The van der Waals surface area contributed by atoms with Crippen molar-refractivity contribution in [2.45, 2.75) is 32.4 Å². The molecule has 0 radical (unpaired) electrons. The Morgan fingerprint density at radius 1 is 0.848 bits per heavy atom. The lowest BCUT2D eigenvalue weighted by atomic mass is 9.93. The van der Waals surface area contributed by atoms with Gasteiger partial charge in [-0.1, -0.05) is 54.1 Å². The minimum atomic E-state index is -1.82. The Kier molecular flexibility index (Phi) is 13.0. The Hall–Kier alpha value is -5.01. The maximum absolute atomic E-state index is 13.5. The second-order valence-electron chi connectivity index (χ2n) is 10.3. The number of likely N-dealkylation sites (tertiary alicyclic amines) is 1. The van der Waals surface area contributed by atoms with Crippen LogP contribution < -0.4 is 4.74 Å². The van der Waals surface area contributed by atoms with E-state index < -0.39 is 23.9 Å². The van der Waals surface area contributed by atoms with Gasteiger partial charge in [0.05, 0.1) is 23.2 Å². The van der Waals surface area contributed by atoms with Crippen molar-refractivity contribution in [2.75, 3.05) is 20.2 Å². The van der Waals surface area contributed by atoms with Crippen molar-refractivity contribution in [3.63, 3.8) is 0 Å². The fourth-order valence-corrected chi connectivity index (χ4v) is 5.12. The van der Waals surface area contributed by atoms with Crippen LogP contribution in [0.3, 0.4) is 0 Å². The number of hydrogen-bond acceptors (Lipinski definition) is 7. The van der Waals surface area contributed by atoms with Crippen LogP contribution in [0.1, 0.15) is 29.8 Å². The molecule has 0 unspecified atom stereocenters. The minimum absolute atomic E-state index is 0.227. The summed E-state index contributed by atoms with van der Waals surface area (Å²) in [6, 6.07) is 21.2. The third-order valence-electron chi connectivity index (χ3n) is 7.15. The molecule has 1 aliphatic rings. The molecule has 2 heterocycles. The lowest BCUT2D eigenvalue weighted by Gasteiger charge is -2.32. The molecular weight excluding hydrogens is 625 g/mol. The van der Waals surface area contributed by atoms with E-state index in [1.807, 2.05) is 24.3 Å². The number of benzene rings is 3. The van der Waals surface area contributed by atoms with Gasteiger partial charge in [-0.15, -0.1) is 0 Å². The number of fused-ring (bicyclic) bond motifs is 1. The average molecular weight is 658 g/mol. The monoisotopic (exact) mass is 657 g/mol. The Labute approximate surface area is 268 Å². The van der Waals surface area contributed by atoms with Crippen LogP contribution >= 0.6 is 11.6 Å². The van der Waals surface area contributed by atoms with Crippen LogP contribution in [0, 0.1) is 11.7 Å². The van der Waals surface area contributed by atoms with Crippen molar-refractivity contribution in [3.05, 3.63) is 94.5 Å². The highest BCUT2D eigenvalue weighted by Crippen LogP contribution is 2.32. The molecule has 1 aliphatic heterocycles. The second kappa shape index (κ2) is 16.9. The van der Waals surface area contributed by atoms with Crippen molar-refractivity contribution in [3.8, 4) is 5.75 Å². The molecule has 0 amide bonds. The number of piperidine rings is 1. The molecule has 46 heavy (non-hydrogen) atoms. The SMILES string of the molecule is COc1cc2nc(CC3CCN(Cc4ccccc4)CC3)n(Cc3ccc(F)cc3)c2cc1Cl.O=C(O)C(=O)O.O=C(O)C(=O)O. The number of aromatic nitrogens is 2. The summed E-state index contributed by atoms with van der Waals surface area (Å²) >= 11 is 6.46. The Morgan fingerprint density at radius 3 is 1.91 bits per heavy atom. The minimum Gasteiger partial charge on any atom is -0.495 e. The third kappa shape index (κ3) is 10.6. The molecule has 0 atom stereocenters. The summed E-state index contributed by atoms with van der Waals surface area (Å²) < 4.78 is 21.1. The topological polar surface area (TPSA) is 179 Å². The number of aliphatic carboxylic acids is 4. The van der Waals surface area contributed by atoms with E-state index in [0.29, 0.717) is 23.2 Å². The number of carboxylic acid groups (broad SMARTS) is 4. The van der Waals surface area contributed by atoms with E-state index in [4.69, 9.17) is 60.9 Å². The average Bonchev–Trinajstić information content (AvgIpc) is 3.34. The first-order chi connectivity index (χ1) is 21.9. The highest BCUT2D eigenvalue weighted by molar-refractivity contribution is 6.32. The number of ether oxygens (including phenoxy) is 1. The van der Waals surface area contributed by atoms with Crippen LogP contribution in [0.25, 0.3) is 11.0 Å². The van der Waals surface area contributed by atoms with Gasteiger partial charge in [0.2, 0.25) is 0 Å². The van der Waals surface area contributed by atoms with Gasteiger partial charge in [0.25, 0.3) is 0 Å². The van der Waals surface area contributed by atoms with Crippen molar-refractivity contribution in [1.29, 1.82) is 0 Å². The van der Waals surface area contributed by atoms with E-state index in [-0.39, 0.29) is 5.82 Å². The van der Waals surface area contributed by atoms with Crippen molar-refractivity contribution in [1.82, 2.24) is 14.5 Å².